The van der Waals surface area contributed by atoms with Gasteiger partial charge in [-0.3, -0.25) is 4.79 Å². The van der Waals surface area contributed by atoms with Crippen LogP contribution in [0.1, 0.15) is 11.5 Å². The number of benzene rings is 1. The third-order valence-electron chi connectivity index (χ3n) is 3.32. The lowest BCUT2D eigenvalue weighted by Crippen LogP contribution is -2.23. The van der Waals surface area contributed by atoms with Crippen LogP contribution in [0.2, 0.25) is 0 Å². The van der Waals surface area contributed by atoms with E-state index in [1.807, 2.05) is 13.0 Å². The smallest absolute Gasteiger partial charge is 0.291 e. The average molecular weight is 327 g/mol. The molecule has 0 unspecified atom stereocenters. The van der Waals surface area contributed by atoms with Crippen LogP contribution in [0.4, 0.5) is 4.39 Å². The fraction of sp³-hybridized carbons (Fsp3) is 0.0625. The lowest BCUT2D eigenvalue weighted by Gasteiger charge is -1.93. The van der Waals surface area contributed by atoms with Gasteiger partial charge in [0.25, 0.3) is 5.56 Å². The zero-order valence-corrected chi connectivity index (χ0v) is 12.8. The first kappa shape index (κ1) is 13.8. The van der Waals surface area contributed by atoms with E-state index in [4.69, 9.17) is 4.42 Å². The van der Waals surface area contributed by atoms with E-state index in [2.05, 4.69) is 10.1 Å². The molecule has 4 rings (SSSR count). The molecule has 0 amide bonds. The first-order valence-corrected chi connectivity index (χ1v) is 7.65. The fourth-order valence-electron chi connectivity index (χ4n) is 2.22. The van der Waals surface area contributed by atoms with Gasteiger partial charge in [-0.25, -0.2) is 4.39 Å². The highest BCUT2D eigenvalue weighted by Gasteiger charge is 2.12. The van der Waals surface area contributed by atoms with Crippen molar-refractivity contribution in [2.24, 2.45) is 0 Å². The molecule has 7 heteroatoms. The number of aryl methyl sites for hydroxylation is 1. The lowest BCUT2D eigenvalue weighted by molar-refractivity contribution is 0.525. The van der Waals surface area contributed by atoms with E-state index in [1.54, 1.807) is 24.3 Å². The minimum Gasteiger partial charge on any atom is -0.462 e. The van der Waals surface area contributed by atoms with Gasteiger partial charge < -0.3 is 4.42 Å². The maximum atomic E-state index is 13.0. The Morgan fingerprint density at radius 2 is 2.00 bits per heavy atom. The summed E-state index contributed by atoms with van der Waals surface area (Å²) in [6.07, 6.45) is 1.67. The Kier molecular flexibility index (Phi) is 3.09. The van der Waals surface area contributed by atoms with E-state index >= 15 is 0 Å². The molecule has 0 radical (unpaired) electrons. The van der Waals surface area contributed by atoms with Crippen LogP contribution in [0, 0.1) is 12.7 Å². The van der Waals surface area contributed by atoms with E-state index in [0.717, 1.165) is 5.76 Å². The molecule has 0 N–H and O–H groups in total. The zero-order valence-electron chi connectivity index (χ0n) is 12.0. The highest BCUT2D eigenvalue weighted by molar-refractivity contribution is 7.15. The predicted octanol–water partition coefficient (Wildman–Crippen LogP) is 2.41. The molecule has 4 aromatic rings. The minimum atomic E-state index is -0.329. The van der Waals surface area contributed by atoms with Crippen molar-refractivity contribution in [2.45, 2.75) is 6.92 Å². The second-order valence-electron chi connectivity index (χ2n) is 5.00. The summed E-state index contributed by atoms with van der Waals surface area (Å²) >= 11 is 1.23. The van der Waals surface area contributed by atoms with Gasteiger partial charge >= 0.3 is 0 Å². The van der Waals surface area contributed by atoms with Gasteiger partial charge in [0, 0.05) is 11.6 Å². The Labute approximate surface area is 133 Å². The highest BCUT2D eigenvalue weighted by Crippen LogP contribution is 2.17. The summed E-state index contributed by atoms with van der Waals surface area (Å²) in [5.41, 5.74) is 0.411. The summed E-state index contributed by atoms with van der Waals surface area (Å²) in [6.45, 7) is 1.84. The van der Waals surface area contributed by atoms with Gasteiger partial charge in [-0.2, -0.15) is 9.50 Å². The van der Waals surface area contributed by atoms with Crippen molar-refractivity contribution < 1.29 is 8.81 Å². The third kappa shape index (κ3) is 2.44. The van der Waals surface area contributed by atoms with E-state index in [1.165, 1.54) is 28.0 Å². The lowest BCUT2D eigenvalue weighted by atomic mass is 10.2. The molecule has 0 saturated heterocycles. The van der Waals surface area contributed by atoms with Crippen LogP contribution in [0.25, 0.3) is 22.4 Å². The number of thiazole rings is 1. The molecule has 3 aromatic heterocycles. The number of hydrogen-bond donors (Lipinski definition) is 0. The summed E-state index contributed by atoms with van der Waals surface area (Å²) in [4.78, 5) is 17.2. The van der Waals surface area contributed by atoms with Crippen LogP contribution in [0.5, 0.6) is 0 Å². The summed E-state index contributed by atoms with van der Waals surface area (Å²) in [5.74, 6) is 1.46. The summed E-state index contributed by atoms with van der Waals surface area (Å²) in [5, 5.41) is 4.21. The van der Waals surface area contributed by atoms with Gasteiger partial charge in [-0.15, -0.1) is 5.10 Å². The fourth-order valence-corrected chi connectivity index (χ4v) is 3.10. The molecule has 0 atom stereocenters. The Bertz CT molecular complexity index is 1110. The van der Waals surface area contributed by atoms with Crippen molar-refractivity contribution in [3.8, 4) is 11.4 Å². The van der Waals surface area contributed by atoms with E-state index in [0.29, 0.717) is 26.6 Å². The molecule has 1 aromatic carbocycles. The van der Waals surface area contributed by atoms with Crippen LogP contribution < -0.4 is 10.1 Å². The van der Waals surface area contributed by atoms with Crippen LogP contribution in [0.3, 0.4) is 0 Å². The maximum Gasteiger partial charge on any atom is 0.291 e. The molecule has 0 aliphatic heterocycles. The van der Waals surface area contributed by atoms with Gasteiger partial charge in [0.05, 0.1) is 0 Å². The van der Waals surface area contributed by atoms with Crippen molar-refractivity contribution in [3.63, 3.8) is 0 Å². The van der Waals surface area contributed by atoms with Crippen molar-refractivity contribution in [3.05, 3.63) is 68.6 Å². The van der Waals surface area contributed by atoms with Crippen molar-refractivity contribution in [1.29, 1.82) is 0 Å². The number of furan rings is 1. The zero-order chi connectivity index (χ0) is 16.0. The second kappa shape index (κ2) is 5.13. The molecule has 0 aliphatic rings. The van der Waals surface area contributed by atoms with E-state index < -0.39 is 0 Å². The van der Waals surface area contributed by atoms with Crippen molar-refractivity contribution in [2.75, 3.05) is 0 Å². The quantitative estimate of drug-likeness (QED) is 0.567. The van der Waals surface area contributed by atoms with E-state index in [-0.39, 0.29) is 11.4 Å². The molecule has 0 spiro atoms. The standard InChI is InChI=1S/C16H10FN3O2S/c1-9-2-7-12(22-9)8-13-15(21)20-16(23-13)18-14(19-20)10-3-5-11(17)6-4-10/h2-8H,1H3. The second-order valence-corrected chi connectivity index (χ2v) is 6.01. The summed E-state index contributed by atoms with van der Waals surface area (Å²) in [6, 6.07) is 9.46. The van der Waals surface area contributed by atoms with Crippen LogP contribution in [0.15, 0.2) is 45.6 Å². The number of rotatable bonds is 2. The number of nitrogens with zero attached hydrogens (tertiary/aromatic N) is 3. The number of fused-ring (bicyclic) bond motifs is 1. The average Bonchev–Trinajstić information content (AvgIpc) is 3.19. The predicted molar refractivity (Wildman–Crippen MR) is 84.8 cm³/mol. The van der Waals surface area contributed by atoms with Crippen molar-refractivity contribution in [1.82, 2.24) is 14.6 Å². The molecule has 0 fully saturated rings. The largest absolute Gasteiger partial charge is 0.462 e. The van der Waals surface area contributed by atoms with Gasteiger partial charge in [-0.05, 0) is 43.3 Å². The minimum absolute atomic E-state index is 0.250. The van der Waals surface area contributed by atoms with Crippen LogP contribution in [-0.2, 0) is 0 Å². The Morgan fingerprint density at radius 3 is 2.65 bits per heavy atom. The number of halogens is 1. The number of aromatic nitrogens is 3. The van der Waals surface area contributed by atoms with Gasteiger partial charge in [0.1, 0.15) is 21.9 Å². The maximum absolute atomic E-state index is 13.0. The Balaban J connectivity index is 1.82. The Hall–Kier alpha value is -2.80. The Morgan fingerprint density at radius 1 is 1.22 bits per heavy atom. The monoisotopic (exact) mass is 327 g/mol. The third-order valence-corrected chi connectivity index (χ3v) is 4.28. The molecule has 3 heterocycles. The summed E-state index contributed by atoms with van der Waals surface area (Å²) in [7, 11) is 0. The molecular formula is C16H10FN3O2S. The van der Waals surface area contributed by atoms with Crippen LogP contribution in [-0.4, -0.2) is 14.6 Å². The molecule has 114 valence electrons. The van der Waals surface area contributed by atoms with E-state index in [9.17, 15) is 9.18 Å². The SMILES string of the molecule is Cc1ccc(C=c2sc3nc(-c4ccc(F)cc4)nn3c2=O)o1. The normalized spacial score (nSPS) is 12.3. The molecular weight excluding hydrogens is 317 g/mol. The molecule has 0 bridgehead atoms. The topological polar surface area (TPSA) is 60.4 Å². The molecule has 0 aliphatic carbocycles. The summed E-state index contributed by atoms with van der Waals surface area (Å²) < 4.78 is 20.2. The molecule has 23 heavy (non-hydrogen) atoms. The molecule has 5 nitrogen and oxygen atoms in total. The van der Waals surface area contributed by atoms with Crippen LogP contribution >= 0.6 is 11.3 Å². The van der Waals surface area contributed by atoms with Gasteiger partial charge in [0.2, 0.25) is 4.96 Å². The first-order chi connectivity index (χ1) is 11.1. The van der Waals surface area contributed by atoms with Crippen molar-refractivity contribution >= 4 is 22.4 Å². The molecule has 0 saturated carbocycles. The number of hydrogen-bond acceptors (Lipinski definition) is 5. The van der Waals surface area contributed by atoms with Gasteiger partial charge in [0.15, 0.2) is 5.82 Å². The highest BCUT2D eigenvalue weighted by atomic mass is 32.1. The van der Waals surface area contributed by atoms with Gasteiger partial charge in [-0.1, -0.05) is 11.3 Å². The first-order valence-electron chi connectivity index (χ1n) is 6.84.